The van der Waals surface area contributed by atoms with Crippen molar-refractivity contribution in [2.45, 2.75) is 19.3 Å². The summed E-state index contributed by atoms with van der Waals surface area (Å²) >= 11 is 0. The summed E-state index contributed by atoms with van der Waals surface area (Å²) in [5, 5.41) is 7.51. The Labute approximate surface area is 167 Å². The molecule has 0 atom stereocenters. The number of aromatic amines is 1. The molecule has 0 bridgehead atoms. The second-order valence-electron chi connectivity index (χ2n) is 7.45. The lowest BCUT2D eigenvalue weighted by molar-refractivity contribution is 0.0685. The third-order valence-electron chi connectivity index (χ3n) is 5.56. The Balaban J connectivity index is 1.42. The van der Waals surface area contributed by atoms with Crippen LogP contribution in [0.15, 0.2) is 53.3 Å². The highest BCUT2D eigenvalue weighted by atomic mass is 16.2. The summed E-state index contributed by atoms with van der Waals surface area (Å²) in [7, 11) is 0. The first-order valence-corrected chi connectivity index (χ1v) is 9.68. The molecule has 2 heterocycles. The number of primary amides is 1. The van der Waals surface area contributed by atoms with Gasteiger partial charge in [-0.1, -0.05) is 30.3 Å². The summed E-state index contributed by atoms with van der Waals surface area (Å²) in [6.45, 7) is 1.30. The van der Waals surface area contributed by atoms with Crippen molar-refractivity contribution in [2.24, 2.45) is 11.7 Å². The summed E-state index contributed by atoms with van der Waals surface area (Å²) in [4.78, 5) is 37.9. The molecular weight excluding hydrogens is 368 g/mol. The average Bonchev–Trinajstić information content (AvgIpc) is 2.75. The molecule has 2 amide bonds. The molecule has 4 rings (SSSR count). The first-order valence-electron chi connectivity index (χ1n) is 9.68. The predicted octanol–water partition coefficient (Wildman–Crippen LogP) is 2.12. The second-order valence-corrected chi connectivity index (χ2v) is 7.45. The van der Waals surface area contributed by atoms with Crippen LogP contribution < -0.4 is 11.3 Å². The minimum Gasteiger partial charge on any atom is -0.366 e. The molecule has 0 radical (unpaired) electrons. The highest BCUT2D eigenvalue weighted by Crippen LogP contribution is 2.24. The van der Waals surface area contributed by atoms with Gasteiger partial charge in [-0.15, -0.1) is 0 Å². The van der Waals surface area contributed by atoms with Crippen molar-refractivity contribution < 1.29 is 9.59 Å². The average molecular weight is 390 g/mol. The lowest BCUT2D eigenvalue weighted by Crippen LogP contribution is -2.39. The van der Waals surface area contributed by atoms with Gasteiger partial charge in [-0.25, -0.2) is 5.10 Å². The van der Waals surface area contributed by atoms with Crippen molar-refractivity contribution in [3.63, 3.8) is 0 Å². The van der Waals surface area contributed by atoms with Crippen LogP contribution in [0.25, 0.3) is 10.8 Å². The fourth-order valence-electron chi connectivity index (χ4n) is 3.91. The molecule has 1 saturated heterocycles. The monoisotopic (exact) mass is 390 g/mol. The van der Waals surface area contributed by atoms with Crippen molar-refractivity contribution in [1.29, 1.82) is 0 Å². The van der Waals surface area contributed by atoms with E-state index in [1.54, 1.807) is 41.3 Å². The van der Waals surface area contributed by atoms with Gasteiger partial charge in [0, 0.05) is 24.0 Å². The molecule has 0 saturated carbocycles. The maximum Gasteiger partial charge on any atom is 0.274 e. The Morgan fingerprint density at radius 2 is 1.69 bits per heavy atom. The number of amides is 2. The number of piperidine rings is 1. The van der Waals surface area contributed by atoms with Gasteiger partial charge in [0.15, 0.2) is 5.69 Å². The number of carbonyl (C=O) groups excluding carboxylic acids is 2. The zero-order valence-electron chi connectivity index (χ0n) is 15.9. The molecule has 1 aromatic heterocycles. The minimum absolute atomic E-state index is 0.151. The Bertz CT molecular complexity index is 1110. The van der Waals surface area contributed by atoms with Gasteiger partial charge < -0.3 is 10.6 Å². The van der Waals surface area contributed by atoms with Gasteiger partial charge >= 0.3 is 0 Å². The first-order chi connectivity index (χ1) is 14.0. The third kappa shape index (κ3) is 3.89. The van der Waals surface area contributed by atoms with Crippen LogP contribution in [0.2, 0.25) is 0 Å². The highest BCUT2D eigenvalue weighted by Gasteiger charge is 2.26. The largest absolute Gasteiger partial charge is 0.366 e. The first kappa shape index (κ1) is 18.9. The quantitative estimate of drug-likeness (QED) is 0.711. The number of nitrogens with two attached hydrogens (primary N) is 1. The van der Waals surface area contributed by atoms with E-state index in [-0.39, 0.29) is 11.5 Å². The molecule has 29 heavy (non-hydrogen) atoms. The van der Waals surface area contributed by atoms with E-state index < -0.39 is 5.91 Å². The van der Waals surface area contributed by atoms with E-state index in [4.69, 9.17) is 5.73 Å². The van der Waals surface area contributed by atoms with Gasteiger partial charge in [0.1, 0.15) is 0 Å². The number of hydrogen-bond donors (Lipinski definition) is 2. The van der Waals surface area contributed by atoms with Gasteiger partial charge in [0.2, 0.25) is 5.91 Å². The standard InChI is InChI=1S/C22H22N4O3/c23-20(27)16-7-5-14(6-8-16)13-15-9-11-26(12-10-15)22(29)19-17-3-1-2-4-18(17)21(28)25-24-19/h1-8,15H,9-13H2,(H2,23,27)(H,25,28). The summed E-state index contributed by atoms with van der Waals surface area (Å²) in [5.41, 5.74) is 6.95. The van der Waals surface area contributed by atoms with Gasteiger partial charge in [-0.2, -0.15) is 5.10 Å². The highest BCUT2D eigenvalue weighted by molar-refractivity contribution is 6.04. The van der Waals surface area contributed by atoms with E-state index in [2.05, 4.69) is 10.2 Å². The molecule has 0 unspecified atom stereocenters. The molecule has 3 N–H and O–H groups in total. The molecule has 2 aromatic carbocycles. The Morgan fingerprint density at radius 1 is 1.03 bits per heavy atom. The van der Waals surface area contributed by atoms with E-state index in [1.807, 2.05) is 12.1 Å². The Morgan fingerprint density at radius 3 is 2.34 bits per heavy atom. The number of rotatable bonds is 4. The van der Waals surface area contributed by atoms with Crippen molar-refractivity contribution in [1.82, 2.24) is 15.1 Å². The van der Waals surface area contributed by atoms with E-state index in [0.717, 1.165) is 24.8 Å². The number of H-pyrrole nitrogens is 1. The predicted molar refractivity (Wildman–Crippen MR) is 110 cm³/mol. The summed E-state index contributed by atoms with van der Waals surface area (Å²) in [5.74, 6) is -0.104. The van der Waals surface area contributed by atoms with Crippen LogP contribution in [0.5, 0.6) is 0 Å². The summed E-state index contributed by atoms with van der Waals surface area (Å²) < 4.78 is 0. The van der Waals surface area contributed by atoms with Crippen molar-refractivity contribution in [2.75, 3.05) is 13.1 Å². The zero-order valence-corrected chi connectivity index (χ0v) is 15.9. The number of nitrogens with zero attached hydrogens (tertiary/aromatic N) is 2. The molecule has 3 aromatic rings. The van der Waals surface area contributed by atoms with Gasteiger partial charge in [-0.3, -0.25) is 14.4 Å². The fourth-order valence-corrected chi connectivity index (χ4v) is 3.91. The summed E-state index contributed by atoms with van der Waals surface area (Å²) in [6, 6.07) is 14.4. The minimum atomic E-state index is -0.424. The van der Waals surface area contributed by atoms with Crippen molar-refractivity contribution >= 4 is 22.6 Å². The van der Waals surface area contributed by atoms with Crippen LogP contribution in [0, 0.1) is 5.92 Å². The SMILES string of the molecule is NC(=O)c1ccc(CC2CCN(C(=O)c3n[nH]c(=O)c4ccccc34)CC2)cc1. The van der Waals surface area contributed by atoms with Crippen LogP contribution in [0.3, 0.4) is 0 Å². The van der Waals surface area contributed by atoms with Crippen LogP contribution in [-0.4, -0.2) is 40.0 Å². The molecule has 0 spiro atoms. The number of fused-ring (bicyclic) bond motifs is 1. The third-order valence-corrected chi connectivity index (χ3v) is 5.56. The lowest BCUT2D eigenvalue weighted by Gasteiger charge is -2.32. The normalized spacial score (nSPS) is 14.8. The van der Waals surface area contributed by atoms with Crippen molar-refractivity contribution in [3.05, 3.63) is 75.7 Å². The Kier molecular flexibility index (Phi) is 5.12. The smallest absolute Gasteiger partial charge is 0.274 e. The maximum absolute atomic E-state index is 13.0. The number of likely N-dealkylation sites (tertiary alicyclic amines) is 1. The topological polar surface area (TPSA) is 109 Å². The molecule has 1 aliphatic rings. The van der Waals surface area contributed by atoms with E-state index in [0.29, 0.717) is 41.0 Å². The number of benzene rings is 2. The molecule has 7 heteroatoms. The van der Waals surface area contributed by atoms with Crippen molar-refractivity contribution in [3.8, 4) is 0 Å². The van der Waals surface area contributed by atoms with Crippen LogP contribution >= 0.6 is 0 Å². The van der Waals surface area contributed by atoms with Gasteiger partial charge in [0.05, 0.1) is 5.39 Å². The van der Waals surface area contributed by atoms with E-state index in [9.17, 15) is 14.4 Å². The molecule has 148 valence electrons. The molecule has 1 fully saturated rings. The number of aromatic nitrogens is 2. The molecule has 7 nitrogen and oxygen atoms in total. The Hall–Kier alpha value is -3.48. The van der Waals surface area contributed by atoms with Gasteiger partial charge in [0.25, 0.3) is 11.5 Å². The maximum atomic E-state index is 13.0. The second kappa shape index (κ2) is 7.87. The summed E-state index contributed by atoms with van der Waals surface area (Å²) in [6.07, 6.45) is 2.69. The number of hydrogen-bond acceptors (Lipinski definition) is 4. The fraction of sp³-hybridized carbons (Fsp3) is 0.273. The number of carbonyl (C=O) groups is 2. The zero-order chi connectivity index (χ0) is 20.4. The lowest BCUT2D eigenvalue weighted by atomic mass is 9.89. The van der Waals surface area contributed by atoms with E-state index in [1.165, 1.54) is 0 Å². The molecular formula is C22H22N4O3. The molecule has 1 aliphatic heterocycles. The van der Waals surface area contributed by atoms with Crippen LogP contribution in [0.1, 0.15) is 39.3 Å². The van der Waals surface area contributed by atoms with E-state index >= 15 is 0 Å². The number of nitrogens with one attached hydrogen (secondary N) is 1. The van der Waals surface area contributed by atoms with Gasteiger partial charge in [-0.05, 0) is 48.9 Å². The van der Waals surface area contributed by atoms with Crippen LogP contribution in [-0.2, 0) is 6.42 Å². The van der Waals surface area contributed by atoms with Crippen LogP contribution in [0.4, 0.5) is 0 Å². The molecule has 0 aliphatic carbocycles.